The summed E-state index contributed by atoms with van der Waals surface area (Å²) in [6, 6.07) is 17.0. The predicted molar refractivity (Wildman–Crippen MR) is 92.1 cm³/mol. The van der Waals surface area contributed by atoms with Crippen LogP contribution >= 0.6 is 15.9 Å². The van der Waals surface area contributed by atoms with Crippen LogP contribution < -0.4 is 0 Å². The molecule has 0 aliphatic heterocycles. The van der Waals surface area contributed by atoms with Crippen molar-refractivity contribution in [1.82, 2.24) is 20.2 Å². The molecule has 0 radical (unpaired) electrons. The standard InChI is InChI=1S/C17H13BrN4O2/c18-14-9-6-13(7-10-14)8-11-17(23)24-12-16-19-20-21-22(16)15-4-2-1-3-5-15/h1-11H,12H2/b11-8+. The highest BCUT2D eigenvalue weighted by molar-refractivity contribution is 9.10. The Labute approximate surface area is 146 Å². The monoisotopic (exact) mass is 384 g/mol. The summed E-state index contributed by atoms with van der Waals surface area (Å²) in [5, 5.41) is 11.4. The lowest BCUT2D eigenvalue weighted by molar-refractivity contribution is -0.139. The first kappa shape index (κ1) is 16.1. The van der Waals surface area contributed by atoms with Crippen molar-refractivity contribution in [1.29, 1.82) is 0 Å². The number of carbonyl (C=O) groups is 1. The van der Waals surface area contributed by atoms with Crippen molar-refractivity contribution in [3.05, 3.63) is 76.5 Å². The molecule has 0 bridgehead atoms. The van der Waals surface area contributed by atoms with Crippen LogP contribution in [0.15, 0.2) is 65.1 Å². The van der Waals surface area contributed by atoms with Gasteiger partial charge in [0.1, 0.15) is 0 Å². The Morgan fingerprint density at radius 3 is 2.62 bits per heavy atom. The van der Waals surface area contributed by atoms with E-state index in [0.717, 1.165) is 15.7 Å². The van der Waals surface area contributed by atoms with Crippen LogP contribution in [0.2, 0.25) is 0 Å². The molecule has 0 spiro atoms. The lowest BCUT2D eigenvalue weighted by atomic mass is 10.2. The van der Waals surface area contributed by atoms with Crippen molar-refractivity contribution in [2.45, 2.75) is 6.61 Å². The number of aromatic nitrogens is 4. The van der Waals surface area contributed by atoms with Gasteiger partial charge >= 0.3 is 5.97 Å². The molecule has 0 atom stereocenters. The zero-order chi connectivity index (χ0) is 16.8. The van der Waals surface area contributed by atoms with Crippen molar-refractivity contribution in [3.8, 4) is 5.69 Å². The number of ether oxygens (including phenoxy) is 1. The zero-order valence-corrected chi connectivity index (χ0v) is 14.1. The van der Waals surface area contributed by atoms with Crippen LogP contribution in [0.25, 0.3) is 11.8 Å². The molecule has 1 heterocycles. The van der Waals surface area contributed by atoms with E-state index in [4.69, 9.17) is 4.74 Å². The molecular weight excluding hydrogens is 372 g/mol. The van der Waals surface area contributed by atoms with Gasteiger partial charge in [-0.2, -0.15) is 4.68 Å². The number of para-hydroxylation sites is 1. The molecule has 7 heteroatoms. The molecule has 0 saturated carbocycles. The van der Waals surface area contributed by atoms with Gasteiger partial charge in [-0.1, -0.05) is 46.3 Å². The highest BCUT2D eigenvalue weighted by Crippen LogP contribution is 2.12. The van der Waals surface area contributed by atoms with E-state index in [9.17, 15) is 4.79 Å². The Kier molecular flexibility index (Phi) is 5.12. The number of carbonyl (C=O) groups excluding carboxylic acids is 1. The lowest BCUT2D eigenvalue weighted by Crippen LogP contribution is -2.08. The summed E-state index contributed by atoms with van der Waals surface area (Å²) in [5.74, 6) is -0.00729. The van der Waals surface area contributed by atoms with E-state index in [0.29, 0.717) is 5.82 Å². The highest BCUT2D eigenvalue weighted by atomic mass is 79.9. The van der Waals surface area contributed by atoms with Gasteiger partial charge in [0.25, 0.3) is 0 Å². The van der Waals surface area contributed by atoms with Gasteiger partial charge in [0, 0.05) is 10.5 Å². The van der Waals surface area contributed by atoms with Crippen molar-refractivity contribution in [3.63, 3.8) is 0 Å². The molecule has 3 rings (SSSR count). The van der Waals surface area contributed by atoms with Crippen LogP contribution in [-0.4, -0.2) is 26.2 Å². The van der Waals surface area contributed by atoms with E-state index in [-0.39, 0.29) is 6.61 Å². The van der Waals surface area contributed by atoms with Crippen LogP contribution in [0.5, 0.6) is 0 Å². The third-order valence-electron chi connectivity index (χ3n) is 3.16. The molecular formula is C17H13BrN4O2. The molecule has 2 aromatic carbocycles. The highest BCUT2D eigenvalue weighted by Gasteiger charge is 2.09. The van der Waals surface area contributed by atoms with E-state index in [2.05, 4.69) is 31.5 Å². The molecule has 6 nitrogen and oxygen atoms in total. The van der Waals surface area contributed by atoms with Crippen molar-refractivity contribution >= 4 is 28.0 Å². The summed E-state index contributed by atoms with van der Waals surface area (Å²) in [4.78, 5) is 11.8. The van der Waals surface area contributed by atoms with Gasteiger partial charge in [0.2, 0.25) is 0 Å². The summed E-state index contributed by atoms with van der Waals surface area (Å²) >= 11 is 3.36. The molecule has 120 valence electrons. The number of tetrazole rings is 1. The van der Waals surface area contributed by atoms with E-state index in [1.807, 2.05) is 54.6 Å². The zero-order valence-electron chi connectivity index (χ0n) is 12.5. The maximum atomic E-state index is 11.8. The summed E-state index contributed by atoms with van der Waals surface area (Å²) in [7, 11) is 0. The van der Waals surface area contributed by atoms with E-state index in [1.165, 1.54) is 10.8 Å². The van der Waals surface area contributed by atoms with Gasteiger partial charge in [-0.3, -0.25) is 0 Å². The first-order valence-corrected chi connectivity index (χ1v) is 7.95. The molecule has 0 aliphatic carbocycles. The summed E-state index contributed by atoms with van der Waals surface area (Å²) in [6.45, 7) is -0.00853. The Morgan fingerprint density at radius 2 is 1.88 bits per heavy atom. The number of rotatable bonds is 5. The van der Waals surface area contributed by atoms with Gasteiger partial charge in [-0.15, -0.1) is 5.10 Å². The maximum Gasteiger partial charge on any atom is 0.331 e. The van der Waals surface area contributed by atoms with E-state index in [1.54, 1.807) is 6.08 Å². The fourth-order valence-electron chi connectivity index (χ4n) is 1.99. The predicted octanol–water partition coefficient (Wildman–Crippen LogP) is 3.18. The molecule has 0 N–H and O–H groups in total. The van der Waals surface area contributed by atoms with Crippen LogP contribution in [0.3, 0.4) is 0 Å². The first-order chi connectivity index (χ1) is 11.7. The number of benzene rings is 2. The number of halogens is 1. The van der Waals surface area contributed by atoms with E-state index < -0.39 is 5.97 Å². The van der Waals surface area contributed by atoms with Gasteiger partial charge < -0.3 is 4.74 Å². The second-order valence-corrected chi connectivity index (χ2v) is 5.75. The van der Waals surface area contributed by atoms with Crippen LogP contribution in [0.1, 0.15) is 11.4 Å². The fraction of sp³-hybridized carbons (Fsp3) is 0.0588. The van der Waals surface area contributed by atoms with Gasteiger partial charge in [0.15, 0.2) is 12.4 Å². The molecule has 0 unspecified atom stereocenters. The van der Waals surface area contributed by atoms with Gasteiger partial charge in [0.05, 0.1) is 5.69 Å². The SMILES string of the molecule is O=C(/C=C/c1ccc(Br)cc1)OCc1nnnn1-c1ccccc1. The molecule has 1 aromatic heterocycles. The minimum atomic E-state index is -0.458. The summed E-state index contributed by atoms with van der Waals surface area (Å²) in [5.41, 5.74) is 1.71. The maximum absolute atomic E-state index is 11.8. The molecule has 0 fully saturated rings. The first-order valence-electron chi connectivity index (χ1n) is 7.15. The molecule has 0 saturated heterocycles. The number of hydrogen-bond acceptors (Lipinski definition) is 5. The minimum absolute atomic E-state index is 0.00853. The molecule has 0 amide bonds. The lowest BCUT2D eigenvalue weighted by Gasteiger charge is -2.04. The summed E-state index contributed by atoms with van der Waals surface area (Å²) < 4.78 is 7.71. The third-order valence-corrected chi connectivity index (χ3v) is 3.69. The largest absolute Gasteiger partial charge is 0.454 e. The molecule has 0 aliphatic rings. The number of nitrogens with zero attached hydrogens (tertiary/aromatic N) is 4. The Hall–Kier alpha value is -2.80. The average Bonchev–Trinajstić information content (AvgIpc) is 3.09. The topological polar surface area (TPSA) is 69.9 Å². The summed E-state index contributed by atoms with van der Waals surface area (Å²) in [6.07, 6.45) is 3.06. The Balaban J connectivity index is 1.61. The van der Waals surface area contributed by atoms with Crippen molar-refractivity contribution in [2.24, 2.45) is 0 Å². The number of esters is 1. The normalized spacial score (nSPS) is 10.9. The fourth-order valence-corrected chi connectivity index (χ4v) is 2.25. The quantitative estimate of drug-likeness (QED) is 0.499. The Morgan fingerprint density at radius 1 is 1.12 bits per heavy atom. The van der Waals surface area contributed by atoms with E-state index >= 15 is 0 Å². The molecule has 3 aromatic rings. The van der Waals surface area contributed by atoms with Crippen LogP contribution in [-0.2, 0) is 16.1 Å². The van der Waals surface area contributed by atoms with Gasteiger partial charge in [-0.25, -0.2) is 4.79 Å². The van der Waals surface area contributed by atoms with Crippen molar-refractivity contribution < 1.29 is 9.53 Å². The number of hydrogen-bond donors (Lipinski definition) is 0. The van der Waals surface area contributed by atoms with Gasteiger partial charge in [-0.05, 0) is 46.3 Å². The average molecular weight is 385 g/mol. The van der Waals surface area contributed by atoms with Crippen LogP contribution in [0.4, 0.5) is 0 Å². The molecule has 24 heavy (non-hydrogen) atoms. The Bertz CT molecular complexity index is 845. The third kappa shape index (κ3) is 4.14. The second kappa shape index (κ2) is 7.65. The second-order valence-electron chi connectivity index (χ2n) is 4.84. The van der Waals surface area contributed by atoms with Crippen molar-refractivity contribution in [2.75, 3.05) is 0 Å². The van der Waals surface area contributed by atoms with Crippen LogP contribution in [0, 0.1) is 0 Å². The smallest absolute Gasteiger partial charge is 0.331 e. The minimum Gasteiger partial charge on any atom is -0.454 e.